The van der Waals surface area contributed by atoms with Gasteiger partial charge in [-0.15, -0.1) is 0 Å². The highest BCUT2D eigenvalue weighted by Gasteiger charge is 2.18. The van der Waals surface area contributed by atoms with Gasteiger partial charge >= 0.3 is 0 Å². The van der Waals surface area contributed by atoms with E-state index in [1.165, 1.54) is 25.7 Å². The molecule has 2 N–H and O–H groups in total. The molecule has 1 aromatic rings. The van der Waals surface area contributed by atoms with Crippen molar-refractivity contribution in [1.29, 1.82) is 0 Å². The molecule has 1 fully saturated rings. The predicted octanol–water partition coefficient (Wildman–Crippen LogP) is 2.59. The molecule has 4 heteroatoms. The maximum Gasteiger partial charge on any atom is 0.123 e. The molecule has 0 spiro atoms. The largest absolute Gasteiger partial charge is 0.496 e. The predicted molar refractivity (Wildman–Crippen MR) is 79.6 cm³/mol. The van der Waals surface area contributed by atoms with Gasteiger partial charge in [0.05, 0.1) is 7.11 Å². The number of hydrogen-bond donors (Lipinski definition) is 1. The number of rotatable bonds is 6. The molecule has 0 aromatic heterocycles. The monoisotopic (exact) mass is 281 g/mol. The topological polar surface area (TPSA) is 52.3 Å². The van der Waals surface area contributed by atoms with Gasteiger partial charge in [0, 0.05) is 34.4 Å². The average Bonchev–Trinajstić information content (AvgIpc) is 2.91. The molecule has 3 nitrogen and oxygen atoms in total. The van der Waals surface area contributed by atoms with Crippen LogP contribution >= 0.6 is 0 Å². The highest BCUT2D eigenvalue weighted by atomic mass is 32.2. The molecule has 1 aliphatic rings. The highest BCUT2D eigenvalue weighted by Crippen LogP contribution is 2.26. The second kappa shape index (κ2) is 7.06. The minimum Gasteiger partial charge on any atom is -0.496 e. The van der Waals surface area contributed by atoms with Crippen LogP contribution in [0.2, 0.25) is 0 Å². The van der Waals surface area contributed by atoms with Crippen LogP contribution in [0.15, 0.2) is 18.2 Å². The van der Waals surface area contributed by atoms with Crippen LogP contribution in [-0.4, -0.2) is 17.1 Å². The van der Waals surface area contributed by atoms with Crippen LogP contribution in [-0.2, 0) is 23.1 Å². The lowest BCUT2D eigenvalue weighted by Crippen LogP contribution is -2.09. The van der Waals surface area contributed by atoms with Crippen LogP contribution in [0.3, 0.4) is 0 Å². The van der Waals surface area contributed by atoms with E-state index >= 15 is 0 Å². The van der Waals surface area contributed by atoms with Crippen molar-refractivity contribution in [2.45, 2.75) is 38.0 Å². The zero-order valence-corrected chi connectivity index (χ0v) is 12.4. The molecule has 0 amide bonds. The molecule has 19 heavy (non-hydrogen) atoms. The van der Waals surface area contributed by atoms with Crippen molar-refractivity contribution in [3.05, 3.63) is 29.3 Å². The summed E-state index contributed by atoms with van der Waals surface area (Å²) in [5.74, 6) is 2.95. The molecule has 1 aromatic carbocycles. The smallest absolute Gasteiger partial charge is 0.123 e. The third-order valence-corrected chi connectivity index (χ3v) is 5.29. The summed E-state index contributed by atoms with van der Waals surface area (Å²) in [4.78, 5) is 0. The molecule has 0 aliphatic heterocycles. The molecular weight excluding hydrogens is 258 g/mol. The Morgan fingerprint density at radius 3 is 2.74 bits per heavy atom. The van der Waals surface area contributed by atoms with Crippen molar-refractivity contribution in [3.8, 4) is 5.75 Å². The van der Waals surface area contributed by atoms with Gasteiger partial charge in [-0.1, -0.05) is 25.0 Å². The minimum absolute atomic E-state index is 0.467. The normalized spacial score (nSPS) is 17.6. The maximum atomic E-state index is 12.2. The Morgan fingerprint density at radius 1 is 1.37 bits per heavy atom. The summed E-state index contributed by atoms with van der Waals surface area (Å²) >= 11 is 0. The van der Waals surface area contributed by atoms with Gasteiger partial charge in [0.25, 0.3) is 0 Å². The Kier molecular flexibility index (Phi) is 5.40. The van der Waals surface area contributed by atoms with Gasteiger partial charge in [-0.05, 0) is 30.4 Å². The van der Waals surface area contributed by atoms with Gasteiger partial charge in [0.2, 0.25) is 0 Å². The summed E-state index contributed by atoms with van der Waals surface area (Å²) in [7, 11) is 0.880. The van der Waals surface area contributed by atoms with Gasteiger partial charge in [0.1, 0.15) is 5.75 Å². The van der Waals surface area contributed by atoms with Crippen molar-refractivity contribution in [2.24, 2.45) is 11.7 Å². The minimum atomic E-state index is -0.766. The highest BCUT2D eigenvalue weighted by molar-refractivity contribution is 7.84. The van der Waals surface area contributed by atoms with Crippen molar-refractivity contribution in [3.63, 3.8) is 0 Å². The van der Waals surface area contributed by atoms with E-state index in [4.69, 9.17) is 10.5 Å². The van der Waals surface area contributed by atoms with Crippen molar-refractivity contribution < 1.29 is 8.95 Å². The van der Waals surface area contributed by atoms with E-state index in [-0.39, 0.29) is 0 Å². The third kappa shape index (κ3) is 4.05. The Hall–Kier alpha value is -0.870. The first-order valence-corrected chi connectivity index (χ1v) is 8.42. The molecular formula is C15H23NO2S. The molecule has 0 saturated heterocycles. The van der Waals surface area contributed by atoms with Gasteiger partial charge in [-0.25, -0.2) is 0 Å². The fourth-order valence-electron chi connectivity index (χ4n) is 2.73. The lowest BCUT2D eigenvalue weighted by molar-refractivity contribution is 0.409. The number of methoxy groups -OCH3 is 1. The molecule has 1 aliphatic carbocycles. The zero-order chi connectivity index (χ0) is 13.7. The summed E-state index contributed by atoms with van der Waals surface area (Å²) in [5.41, 5.74) is 7.71. The van der Waals surface area contributed by atoms with E-state index in [1.54, 1.807) is 7.11 Å². The Balaban J connectivity index is 1.96. The van der Waals surface area contributed by atoms with Crippen molar-refractivity contribution in [2.75, 3.05) is 12.9 Å². The standard InChI is InChI=1S/C15H23NO2S/c1-18-15-8-13(6-7-14(15)9-16)11-19(17)10-12-4-2-3-5-12/h6-8,12H,2-5,9-11,16H2,1H3. The molecule has 1 saturated carbocycles. The first-order chi connectivity index (χ1) is 9.22. The van der Waals surface area contributed by atoms with E-state index in [1.807, 2.05) is 18.2 Å². The fourth-order valence-corrected chi connectivity index (χ4v) is 4.26. The Labute approximate surface area is 118 Å². The van der Waals surface area contributed by atoms with Crippen molar-refractivity contribution >= 4 is 10.8 Å². The summed E-state index contributed by atoms with van der Waals surface area (Å²) < 4.78 is 17.5. The van der Waals surface area contributed by atoms with Crippen molar-refractivity contribution in [1.82, 2.24) is 0 Å². The third-order valence-electron chi connectivity index (χ3n) is 3.80. The van der Waals surface area contributed by atoms with E-state index < -0.39 is 10.8 Å². The maximum absolute atomic E-state index is 12.2. The molecule has 1 unspecified atom stereocenters. The molecule has 106 valence electrons. The van der Waals surface area contributed by atoms with E-state index in [0.717, 1.165) is 22.6 Å². The summed E-state index contributed by atoms with van der Waals surface area (Å²) in [6.45, 7) is 0.467. The first kappa shape index (κ1) is 14.5. The van der Waals surface area contributed by atoms with Gasteiger partial charge in [0.15, 0.2) is 0 Å². The van der Waals surface area contributed by atoms with Crippen LogP contribution < -0.4 is 10.5 Å². The Morgan fingerprint density at radius 2 is 2.11 bits per heavy atom. The van der Waals surface area contributed by atoms with Gasteiger partial charge in [-0.2, -0.15) is 0 Å². The molecule has 1 atom stereocenters. The first-order valence-electron chi connectivity index (χ1n) is 6.93. The number of hydrogen-bond acceptors (Lipinski definition) is 3. The summed E-state index contributed by atoms with van der Waals surface area (Å²) in [6.07, 6.45) is 5.12. The van der Waals surface area contributed by atoms with Crippen LogP contribution in [0.4, 0.5) is 0 Å². The fraction of sp³-hybridized carbons (Fsp3) is 0.600. The van der Waals surface area contributed by atoms with Crippen LogP contribution in [0.1, 0.15) is 36.8 Å². The summed E-state index contributed by atoms with van der Waals surface area (Å²) in [6, 6.07) is 5.95. The average molecular weight is 281 g/mol. The number of benzene rings is 1. The second-order valence-electron chi connectivity index (χ2n) is 5.25. The van der Waals surface area contributed by atoms with Crippen LogP contribution in [0.5, 0.6) is 5.75 Å². The van der Waals surface area contributed by atoms with E-state index in [2.05, 4.69) is 0 Å². The van der Waals surface area contributed by atoms with Gasteiger partial charge in [-0.3, -0.25) is 4.21 Å². The second-order valence-corrected chi connectivity index (χ2v) is 6.75. The Bertz CT molecular complexity index is 442. The molecule has 0 bridgehead atoms. The molecule has 2 rings (SSSR count). The molecule has 0 radical (unpaired) electrons. The lowest BCUT2D eigenvalue weighted by Gasteiger charge is -2.11. The van der Waals surface area contributed by atoms with Gasteiger partial charge < -0.3 is 10.5 Å². The van der Waals surface area contributed by atoms with Crippen LogP contribution in [0.25, 0.3) is 0 Å². The number of ether oxygens (including phenoxy) is 1. The van der Waals surface area contributed by atoms with Crippen LogP contribution in [0, 0.1) is 5.92 Å². The quantitative estimate of drug-likeness (QED) is 0.872. The SMILES string of the molecule is COc1cc(CS(=O)CC2CCCC2)ccc1CN. The zero-order valence-electron chi connectivity index (χ0n) is 11.6. The summed E-state index contributed by atoms with van der Waals surface area (Å²) in [5, 5.41) is 0. The molecule has 0 heterocycles. The lowest BCUT2D eigenvalue weighted by atomic mass is 10.1. The number of nitrogens with two attached hydrogens (primary N) is 1. The van der Waals surface area contributed by atoms with E-state index in [0.29, 0.717) is 18.2 Å². The van der Waals surface area contributed by atoms with E-state index in [9.17, 15) is 4.21 Å².